The van der Waals surface area contributed by atoms with Crippen LogP contribution in [0.15, 0.2) is 12.3 Å². The number of esters is 1. The minimum Gasteiger partial charge on any atom is -0.461 e. The standard InChI is InChI=1S/C15H24N4O4/c1-3-23-14(20)13-10-12(11-18(13)2)17-15(21)16-4-5-19-6-8-22-9-7-19/h10-11H,3-9H2,1-2H3,(H2,16,17,21). The van der Waals surface area contributed by atoms with Crippen molar-refractivity contribution in [2.75, 3.05) is 51.3 Å². The third-order valence-electron chi connectivity index (χ3n) is 3.56. The molecule has 0 aliphatic carbocycles. The van der Waals surface area contributed by atoms with Gasteiger partial charge in [0, 0.05) is 39.4 Å². The highest BCUT2D eigenvalue weighted by molar-refractivity contribution is 5.93. The molecular weight excluding hydrogens is 300 g/mol. The average molecular weight is 324 g/mol. The number of nitrogens with zero attached hydrogens (tertiary/aromatic N) is 2. The monoisotopic (exact) mass is 324 g/mol. The Morgan fingerprint density at radius 3 is 2.78 bits per heavy atom. The van der Waals surface area contributed by atoms with Crippen molar-refractivity contribution in [3.8, 4) is 0 Å². The van der Waals surface area contributed by atoms with Crippen LogP contribution in [-0.4, -0.2) is 67.5 Å². The number of anilines is 1. The molecule has 2 heterocycles. The fourth-order valence-corrected chi connectivity index (χ4v) is 2.37. The van der Waals surface area contributed by atoms with E-state index < -0.39 is 5.97 Å². The fourth-order valence-electron chi connectivity index (χ4n) is 2.37. The molecule has 0 atom stereocenters. The SMILES string of the molecule is CCOC(=O)c1cc(NC(=O)NCCN2CCOCC2)cn1C. The molecule has 0 aromatic carbocycles. The summed E-state index contributed by atoms with van der Waals surface area (Å²) < 4.78 is 11.9. The van der Waals surface area contributed by atoms with E-state index in [1.165, 1.54) is 0 Å². The van der Waals surface area contributed by atoms with Crippen molar-refractivity contribution in [2.45, 2.75) is 6.92 Å². The first-order valence-electron chi connectivity index (χ1n) is 7.78. The van der Waals surface area contributed by atoms with Crippen molar-refractivity contribution in [2.24, 2.45) is 7.05 Å². The first-order chi connectivity index (χ1) is 11.1. The number of carbonyl (C=O) groups excluding carboxylic acids is 2. The predicted octanol–water partition coefficient (Wildman–Crippen LogP) is 0.656. The maximum atomic E-state index is 11.9. The molecule has 1 aliphatic rings. The smallest absolute Gasteiger partial charge is 0.355 e. The zero-order valence-corrected chi connectivity index (χ0v) is 13.6. The maximum Gasteiger partial charge on any atom is 0.355 e. The van der Waals surface area contributed by atoms with Gasteiger partial charge in [0.05, 0.1) is 25.5 Å². The van der Waals surface area contributed by atoms with Crippen LogP contribution in [0.3, 0.4) is 0 Å². The van der Waals surface area contributed by atoms with Gasteiger partial charge in [0.1, 0.15) is 5.69 Å². The number of carbonyl (C=O) groups is 2. The molecule has 1 aliphatic heterocycles. The van der Waals surface area contributed by atoms with Gasteiger partial charge in [-0.1, -0.05) is 0 Å². The van der Waals surface area contributed by atoms with Crippen LogP contribution >= 0.6 is 0 Å². The molecule has 1 saturated heterocycles. The first-order valence-corrected chi connectivity index (χ1v) is 7.78. The van der Waals surface area contributed by atoms with Gasteiger partial charge in [-0.2, -0.15) is 0 Å². The zero-order chi connectivity index (χ0) is 16.7. The number of hydrogen-bond donors (Lipinski definition) is 2. The van der Waals surface area contributed by atoms with E-state index in [2.05, 4.69) is 15.5 Å². The summed E-state index contributed by atoms with van der Waals surface area (Å²) in [5.74, 6) is -0.407. The van der Waals surface area contributed by atoms with E-state index in [1.807, 2.05) is 0 Å². The highest BCUT2D eigenvalue weighted by atomic mass is 16.5. The number of amides is 2. The Morgan fingerprint density at radius 1 is 1.35 bits per heavy atom. The number of hydrogen-bond acceptors (Lipinski definition) is 5. The Labute approximate surface area is 135 Å². The molecule has 8 nitrogen and oxygen atoms in total. The lowest BCUT2D eigenvalue weighted by molar-refractivity contribution is 0.0388. The molecule has 2 N–H and O–H groups in total. The average Bonchev–Trinajstić information content (AvgIpc) is 2.89. The Hall–Kier alpha value is -2.06. The number of nitrogens with one attached hydrogen (secondary N) is 2. The molecule has 2 rings (SSSR count). The molecule has 1 fully saturated rings. The van der Waals surface area contributed by atoms with Gasteiger partial charge in [-0.3, -0.25) is 4.90 Å². The Kier molecular flexibility index (Phi) is 6.42. The molecule has 0 bridgehead atoms. The first kappa shape index (κ1) is 17.3. The van der Waals surface area contributed by atoms with E-state index >= 15 is 0 Å². The molecule has 2 amide bonds. The van der Waals surface area contributed by atoms with Crippen molar-refractivity contribution in [1.82, 2.24) is 14.8 Å². The highest BCUT2D eigenvalue weighted by Crippen LogP contribution is 2.13. The molecule has 0 radical (unpaired) electrons. The molecule has 0 saturated carbocycles. The lowest BCUT2D eigenvalue weighted by Gasteiger charge is -2.26. The second-order valence-electron chi connectivity index (χ2n) is 5.28. The molecule has 128 valence electrons. The van der Waals surface area contributed by atoms with Crippen LogP contribution in [0.1, 0.15) is 17.4 Å². The Morgan fingerprint density at radius 2 is 2.09 bits per heavy atom. The molecule has 0 unspecified atom stereocenters. The maximum absolute atomic E-state index is 11.9. The van der Waals surface area contributed by atoms with Crippen LogP contribution in [0.25, 0.3) is 0 Å². The zero-order valence-electron chi connectivity index (χ0n) is 13.6. The molecule has 0 spiro atoms. The van der Waals surface area contributed by atoms with Gasteiger partial charge < -0.3 is 24.7 Å². The summed E-state index contributed by atoms with van der Waals surface area (Å²) in [5.41, 5.74) is 0.954. The number of urea groups is 1. The predicted molar refractivity (Wildman–Crippen MR) is 85.6 cm³/mol. The summed E-state index contributed by atoms with van der Waals surface area (Å²) in [5, 5.41) is 5.52. The summed E-state index contributed by atoms with van der Waals surface area (Å²) in [6.07, 6.45) is 1.67. The number of aromatic nitrogens is 1. The van der Waals surface area contributed by atoms with Gasteiger partial charge in [0.25, 0.3) is 0 Å². The summed E-state index contributed by atoms with van der Waals surface area (Å²) in [6, 6.07) is 1.30. The Balaban J connectivity index is 1.76. The molecular formula is C15H24N4O4. The number of aryl methyl sites for hydroxylation is 1. The molecule has 1 aromatic heterocycles. The second kappa shape index (κ2) is 8.54. The van der Waals surface area contributed by atoms with Crippen LogP contribution in [0, 0.1) is 0 Å². The van der Waals surface area contributed by atoms with Crippen LogP contribution in [0.4, 0.5) is 10.5 Å². The lowest BCUT2D eigenvalue weighted by atomic mass is 10.4. The van der Waals surface area contributed by atoms with Crippen molar-refractivity contribution >= 4 is 17.7 Å². The van der Waals surface area contributed by atoms with Gasteiger partial charge in [-0.05, 0) is 13.0 Å². The van der Waals surface area contributed by atoms with Gasteiger partial charge in [-0.15, -0.1) is 0 Å². The van der Waals surface area contributed by atoms with Crippen LogP contribution in [0.2, 0.25) is 0 Å². The van der Waals surface area contributed by atoms with Gasteiger partial charge in [0.15, 0.2) is 0 Å². The topological polar surface area (TPSA) is 84.8 Å². The van der Waals surface area contributed by atoms with Crippen molar-refractivity contribution < 1.29 is 19.1 Å². The van der Waals surface area contributed by atoms with Gasteiger partial charge in [0.2, 0.25) is 0 Å². The summed E-state index contributed by atoms with van der Waals surface area (Å²) >= 11 is 0. The summed E-state index contributed by atoms with van der Waals surface area (Å²) in [6.45, 7) is 6.69. The van der Waals surface area contributed by atoms with Crippen molar-refractivity contribution in [3.05, 3.63) is 18.0 Å². The van der Waals surface area contributed by atoms with Gasteiger partial charge >= 0.3 is 12.0 Å². The number of rotatable bonds is 6. The Bertz CT molecular complexity index is 538. The third-order valence-corrected chi connectivity index (χ3v) is 3.56. The summed E-state index contributed by atoms with van der Waals surface area (Å²) in [4.78, 5) is 25.8. The van der Waals surface area contributed by atoms with E-state index in [0.717, 1.165) is 32.8 Å². The van der Waals surface area contributed by atoms with E-state index in [-0.39, 0.29) is 6.03 Å². The van der Waals surface area contributed by atoms with Crippen molar-refractivity contribution in [3.63, 3.8) is 0 Å². The van der Waals surface area contributed by atoms with Crippen LogP contribution in [0.5, 0.6) is 0 Å². The van der Waals surface area contributed by atoms with E-state index in [0.29, 0.717) is 24.5 Å². The highest BCUT2D eigenvalue weighted by Gasteiger charge is 2.14. The normalized spacial score (nSPS) is 15.2. The molecule has 1 aromatic rings. The van der Waals surface area contributed by atoms with Crippen LogP contribution < -0.4 is 10.6 Å². The van der Waals surface area contributed by atoms with E-state index in [4.69, 9.17) is 9.47 Å². The summed E-state index contributed by atoms with van der Waals surface area (Å²) in [7, 11) is 1.73. The number of ether oxygens (including phenoxy) is 2. The lowest BCUT2D eigenvalue weighted by Crippen LogP contribution is -2.42. The molecule has 23 heavy (non-hydrogen) atoms. The van der Waals surface area contributed by atoms with E-state index in [9.17, 15) is 9.59 Å². The largest absolute Gasteiger partial charge is 0.461 e. The molecule has 8 heteroatoms. The minimum atomic E-state index is -0.407. The second-order valence-corrected chi connectivity index (χ2v) is 5.28. The van der Waals surface area contributed by atoms with Gasteiger partial charge in [-0.25, -0.2) is 9.59 Å². The van der Waals surface area contributed by atoms with Crippen molar-refractivity contribution in [1.29, 1.82) is 0 Å². The minimum absolute atomic E-state index is 0.292. The fraction of sp³-hybridized carbons (Fsp3) is 0.600. The quantitative estimate of drug-likeness (QED) is 0.751. The number of morpholine rings is 1. The third kappa shape index (κ3) is 5.26. The van der Waals surface area contributed by atoms with E-state index in [1.54, 1.807) is 30.8 Å². The van der Waals surface area contributed by atoms with Crippen LogP contribution in [-0.2, 0) is 16.5 Å².